The number of nitrogens with zero attached hydrogens (tertiary/aromatic N) is 3. The third-order valence-corrected chi connectivity index (χ3v) is 3.46. The van der Waals surface area contributed by atoms with E-state index in [1.54, 1.807) is 24.3 Å². The molecule has 3 aromatic rings. The summed E-state index contributed by atoms with van der Waals surface area (Å²) in [5.74, 6) is -0.146. The quantitative estimate of drug-likeness (QED) is 0.724. The third-order valence-electron chi connectivity index (χ3n) is 3.46. The van der Waals surface area contributed by atoms with Gasteiger partial charge in [-0.05, 0) is 17.7 Å². The highest BCUT2D eigenvalue weighted by Crippen LogP contribution is 2.34. The maximum Gasteiger partial charge on any atom is 0.435 e. The number of nitrogens with one attached hydrogen (secondary N) is 1. The molecule has 0 fully saturated rings. The van der Waals surface area contributed by atoms with Gasteiger partial charge in [-0.15, -0.1) is 0 Å². The van der Waals surface area contributed by atoms with Crippen molar-refractivity contribution < 1.29 is 22.7 Å². The van der Waals surface area contributed by atoms with E-state index in [1.807, 2.05) is 6.07 Å². The summed E-state index contributed by atoms with van der Waals surface area (Å²) >= 11 is 0. The van der Waals surface area contributed by atoms with Crippen LogP contribution < -0.4 is 11.1 Å². The molecule has 0 saturated heterocycles. The van der Waals surface area contributed by atoms with Crippen LogP contribution in [0.4, 0.5) is 29.5 Å². The summed E-state index contributed by atoms with van der Waals surface area (Å²) < 4.78 is 45.0. The van der Waals surface area contributed by atoms with Crippen molar-refractivity contribution in [1.29, 1.82) is 0 Å². The number of nitrogen functional groups attached to an aromatic ring is 1. The first-order valence-electron chi connectivity index (χ1n) is 7.70. The van der Waals surface area contributed by atoms with E-state index >= 15 is 0 Å². The Morgan fingerprint density at radius 3 is 2.59 bits per heavy atom. The van der Waals surface area contributed by atoms with Gasteiger partial charge in [-0.3, -0.25) is 5.32 Å². The molecule has 0 spiro atoms. The third kappa shape index (κ3) is 4.35. The van der Waals surface area contributed by atoms with Crippen LogP contribution in [-0.4, -0.2) is 20.9 Å². The minimum atomic E-state index is -4.71. The smallest absolute Gasteiger partial charge is 0.435 e. The van der Waals surface area contributed by atoms with Crippen molar-refractivity contribution in [2.45, 2.75) is 12.8 Å². The molecule has 0 radical (unpaired) electrons. The second-order valence-corrected chi connectivity index (χ2v) is 5.43. The number of pyridine rings is 1. The van der Waals surface area contributed by atoms with E-state index in [9.17, 15) is 18.0 Å². The zero-order valence-electron chi connectivity index (χ0n) is 13.8. The number of ether oxygens (including phenoxy) is 1. The highest BCUT2D eigenvalue weighted by molar-refractivity contribution is 5.83. The fourth-order valence-corrected chi connectivity index (χ4v) is 2.29. The molecule has 3 rings (SSSR count). The zero-order chi connectivity index (χ0) is 19.4. The molecule has 27 heavy (non-hydrogen) atoms. The number of halogens is 3. The molecule has 1 amide bonds. The van der Waals surface area contributed by atoms with Crippen LogP contribution in [0.5, 0.6) is 0 Å². The molecule has 2 aromatic heterocycles. The number of hydrogen-bond donors (Lipinski definition) is 2. The van der Waals surface area contributed by atoms with Crippen LogP contribution in [0.25, 0.3) is 5.82 Å². The van der Waals surface area contributed by atoms with E-state index in [-0.39, 0.29) is 18.2 Å². The molecule has 7 nitrogen and oxygen atoms in total. The number of carbonyl (C=O) groups is 1. The molecule has 0 saturated carbocycles. The van der Waals surface area contributed by atoms with E-state index in [4.69, 9.17) is 10.5 Å². The van der Waals surface area contributed by atoms with Gasteiger partial charge < -0.3 is 10.5 Å². The van der Waals surface area contributed by atoms with Gasteiger partial charge >= 0.3 is 12.3 Å². The van der Waals surface area contributed by atoms with E-state index in [0.717, 1.165) is 11.8 Å². The van der Waals surface area contributed by atoms with Crippen molar-refractivity contribution in [3.05, 3.63) is 66.0 Å². The van der Waals surface area contributed by atoms with Gasteiger partial charge in [-0.2, -0.15) is 18.3 Å². The number of rotatable bonds is 4. The van der Waals surface area contributed by atoms with Gasteiger partial charge in [0.15, 0.2) is 11.5 Å². The summed E-state index contributed by atoms with van der Waals surface area (Å²) in [4.78, 5) is 15.8. The Morgan fingerprint density at radius 2 is 1.89 bits per heavy atom. The predicted octanol–water partition coefficient (Wildman–Crippen LogP) is 3.62. The number of anilines is 2. The van der Waals surface area contributed by atoms with Crippen LogP contribution in [0.1, 0.15) is 11.3 Å². The molecule has 1 aromatic carbocycles. The SMILES string of the molecule is Nc1cnn(-c2cccc(NC(=O)OCc3ccccc3)n2)c1C(F)(F)F. The molecule has 0 atom stereocenters. The highest BCUT2D eigenvalue weighted by Gasteiger charge is 2.38. The molecule has 0 unspecified atom stereocenters. The molecular weight excluding hydrogens is 363 g/mol. The number of alkyl halides is 3. The molecule has 10 heteroatoms. The average Bonchev–Trinajstić information content (AvgIpc) is 3.03. The van der Waals surface area contributed by atoms with Crippen LogP contribution in [0, 0.1) is 0 Å². The largest absolute Gasteiger partial charge is 0.444 e. The number of carbonyl (C=O) groups excluding carboxylic acids is 1. The molecule has 0 aliphatic rings. The fraction of sp³-hybridized carbons (Fsp3) is 0.118. The summed E-state index contributed by atoms with van der Waals surface area (Å²) in [5, 5.41) is 5.98. The second-order valence-electron chi connectivity index (χ2n) is 5.43. The van der Waals surface area contributed by atoms with Gasteiger partial charge in [0, 0.05) is 0 Å². The maximum atomic E-state index is 13.1. The second kappa shape index (κ2) is 7.36. The molecule has 0 aliphatic carbocycles. The molecule has 0 bridgehead atoms. The first-order valence-corrected chi connectivity index (χ1v) is 7.70. The van der Waals surface area contributed by atoms with E-state index < -0.39 is 23.7 Å². The maximum absolute atomic E-state index is 13.1. The molecule has 140 valence electrons. The Hall–Kier alpha value is -3.56. The summed E-state index contributed by atoms with van der Waals surface area (Å²) in [5.41, 5.74) is 4.48. The van der Waals surface area contributed by atoms with Crippen molar-refractivity contribution in [2.24, 2.45) is 0 Å². The van der Waals surface area contributed by atoms with Crippen LogP contribution in [0.15, 0.2) is 54.7 Å². The van der Waals surface area contributed by atoms with Gasteiger partial charge in [0.05, 0.1) is 11.9 Å². The van der Waals surface area contributed by atoms with Gasteiger partial charge in [-0.1, -0.05) is 36.4 Å². The predicted molar refractivity (Wildman–Crippen MR) is 91.0 cm³/mol. The lowest BCUT2D eigenvalue weighted by Gasteiger charge is -2.12. The van der Waals surface area contributed by atoms with Crippen molar-refractivity contribution in [1.82, 2.24) is 14.8 Å². The Kier molecular flexibility index (Phi) is 4.97. The summed E-state index contributed by atoms with van der Waals surface area (Å²) in [6, 6.07) is 13.1. The number of amides is 1. The van der Waals surface area contributed by atoms with Crippen LogP contribution >= 0.6 is 0 Å². The highest BCUT2D eigenvalue weighted by atomic mass is 19.4. The zero-order valence-corrected chi connectivity index (χ0v) is 13.8. The normalized spacial score (nSPS) is 11.2. The van der Waals surface area contributed by atoms with Gasteiger partial charge in [-0.25, -0.2) is 14.5 Å². The van der Waals surface area contributed by atoms with Gasteiger partial charge in [0.1, 0.15) is 12.4 Å². The molecule has 2 heterocycles. The lowest BCUT2D eigenvalue weighted by atomic mass is 10.2. The first-order chi connectivity index (χ1) is 12.8. The Labute approximate surface area is 151 Å². The van der Waals surface area contributed by atoms with Gasteiger partial charge in [0.2, 0.25) is 0 Å². The Balaban J connectivity index is 1.74. The summed E-state index contributed by atoms with van der Waals surface area (Å²) in [7, 11) is 0. The fourth-order valence-electron chi connectivity index (χ4n) is 2.29. The topological polar surface area (TPSA) is 95.1 Å². The van der Waals surface area contributed by atoms with Crippen molar-refractivity contribution in [3.63, 3.8) is 0 Å². The van der Waals surface area contributed by atoms with Gasteiger partial charge in [0.25, 0.3) is 0 Å². The molecular formula is C17H14F3N5O2. The van der Waals surface area contributed by atoms with Crippen molar-refractivity contribution >= 4 is 17.6 Å². The van der Waals surface area contributed by atoms with E-state index in [0.29, 0.717) is 4.68 Å². The lowest BCUT2D eigenvalue weighted by Crippen LogP contribution is -2.18. The Bertz CT molecular complexity index is 941. The van der Waals surface area contributed by atoms with Crippen molar-refractivity contribution in [2.75, 3.05) is 11.1 Å². The lowest BCUT2D eigenvalue weighted by molar-refractivity contribution is -0.142. The minimum Gasteiger partial charge on any atom is -0.444 e. The summed E-state index contributed by atoms with van der Waals surface area (Å²) in [6.45, 7) is 0.0419. The number of hydrogen-bond acceptors (Lipinski definition) is 5. The Morgan fingerprint density at radius 1 is 1.15 bits per heavy atom. The van der Waals surface area contributed by atoms with Crippen molar-refractivity contribution in [3.8, 4) is 5.82 Å². The molecule has 3 N–H and O–H groups in total. The summed E-state index contributed by atoms with van der Waals surface area (Å²) in [6.07, 6.45) is -4.61. The average molecular weight is 377 g/mol. The standard InChI is InChI=1S/C17H14F3N5O2/c18-17(19,20)15-12(21)9-22-25(15)14-8-4-7-13(23-14)24-16(26)27-10-11-5-2-1-3-6-11/h1-9H,10,21H2,(H,23,24,26). The van der Waals surface area contributed by atoms with E-state index in [1.165, 1.54) is 18.2 Å². The molecule has 0 aliphatic heterocycles. The number of aromatic nitrogens is 3. The monoisotopic (exact) mass is 377 g/mol. The number of nitrogens with two attached hydrogens (primary N) is 1. The minimum absolute atomic E-state index is 0.00718. The number of benzene rings is 1. The van der Waals surface area contributed by atoms with Crippen LogP contribution in [-0.2, 0) is 17.5 Å². The first kappa shape index (κ1) is 18.2. The van der Waals surface area contributed by atoms with Crippen LogP contribution in [0.3, 0.4) is 0 Å². The van der Waals surface area contributed by atoms with E-state index in [2.05, 4.69) is 15.4 Å². The van der Waals surface area contributed by atoms with Crippen LogP contribution in [0.2, 0.25) is 0 Å².